The van der Waals surface area contributed by atoms with Crippen LogP contribution in [0.15, 0.2) is 0 Å². The van der Waals surface area contributed by atoms with Crippen LogP contribution >= 0.6 is 0 Å². The van der Waals surface area contributed by atoms with Crippen LogP contribution in [0, 0.1) is 0 Å². The van der Waals surface area contributed by atoms with Crippen LogP contribution in [-0.4, -0.2) is 49.8 Å². The first-order valence-corrected chi connectivity index (χ1v) is 5.04. The number of rotatable bonds is 4. The molecule has 1 heterocycles. The highest BCUT2D eigenvalue weighted by Gasteiger charge is 2.12. The number of hydrogen-bond donors (Lipinski definition) is 2. The van der Waals surface area contributed by atoms with E-state index in [4.69, 9.17) is 4.74 Å². The molecule has 1 aliphatic heterocycles. The Morgan fingerprint density at radius 2 is 2.07 bits per heavy atom. The van der Waals surface area contributed by atoms with Gasteiger partial charge in [-0.3, -0.25) is 10.2 Å². The monoisotopic (exact) mass is 201 g/mol. The van der Waals surface area contributed by atoms with Crippen LogP contribution in [0.5, 0.6) is 0 Å². The highest BCUT2D eigenvalue weighted by Crippen LogP contribution is 1.91. The normalized spacial score (nSPS) is 18.5. The van der Waals surface area contributed by atoms with Crippen molar-refractivity contribution in [2.24, 2.45) is 0 Å². The van der Waals surface area contributed by atoms with Crippen molar-refractivity contribution in [3.8, 4) is 0 Å². The smallest absolute Gasteiger partial charge is 0.248 e. The van der Waals surface area contributed by atoms with Crippen LogP contribution in [0.25, 0.3) is 0 Å². The molecular weight excluding hydrogens is 182 g/mol. The molecule has 1 fully saturated rings. The van der Waals surface area contributed by atoms with Gasteiger partial charge in [0.1, 0.15) is 0 Å². The molecule has 1 saturated heterocycles. The molecule has 1 amide bonds. The van der Waals surface area contributed by atoms with E-state index in [0.717, 1.165) is 13.1 Å². The molecule has 0 aromatic heterocycles. The Labute approximate surface area is 84.8 Å². The quantitative estimate of drug-likeness (QED) is 0.634. The van der Waals surface area contributed by atoms with Gasteiger partial charge in [0, 0.05) is 19.1 Å². The summed E-state index contributed by atoms with van der Waals surface area (Å²) < 4.78 is 5.17. The molecule has 0 unspecified atom stereocenters. The standard InChI is InChI=1S/C9H19N3O2/c1-8(2)10-7-9(13)11-12-3-5-14-6-4-12/h8,10H,3-7H2,1-2H3,(H,11,13). The maximum atomic E-state index is 11.4. The second kappa shape index (κ2) is 5.95. The van der Waals surface area contributed by atoms with E-state index in [-0.39, 0.29) is 5.91 Å². The zero-order chi connectivity index (χ0) is 10.4. The van der Waals surface area contributed by atoms with Crippen LogP contribution < -0.4 is 10.7 Å². The van der Waals surface area contributed by atoms with Gasteiger partial charge in [0.15, 0.2) is 0 Å². The number of nitrogens with one attached hydrogen (secondary N) is 2. The highest BCUT2D eigenvalue weighted by atomic mass is 16.5. The van der Waals surface area contributed by atoms with Gasteiger partial charge >= 0.3 is 0 Å². The molecule has 5 nitrogen and oxygen atoms in total. The van der Waals surface area contributed by atoms with E-state index in [1.165, 1.54) is 0 Å². The highest BCUT2D eigenvalue weighted by molar-refractivity contribution is 5.77. The number of morpholine rings is 1. The Balaban J connectivity index is 2.12. The van der Waals surface area contributed by atoms with E-state index in [1.807, 2.05) is 18.9 Å². The van der Waals surface area contributed by atoms with Crippen molar-refractivity contribution in [2.75, 3.05) is 32.8 Å². The van der Waals surface area contributed by atoms with Crippen molar-refractivity contribution in [1.29, 1.82) is 0 Å². The molecule has 0 aromatic carbocycles. The van der Waals surface area contributed by atoms with E-state index in [0.29, 0.717) is 25.8 Å². The number of amides is 1. The fourth-order valence-electron chi connectivity index (χ4n) is 1.19. The van der Waals surface area contributed by atoms with E-state index >= 15 is 0 Å². The lowest BCUT2D eigenvalue weighted by Gasteiger charge is -2.27. The first-order valence-electron chi connectivity index (χ1n) is 5.04. The number of hydrogen-bond acceptors (Lipinski definition) is 4. The van der Waals surface area contributed by atoms with Gasteiger partial charge in [-0.15, -0.1) is 0 Å². The number of carbonyl (C=O) groups excluding carboxylic acids is 1. The topological polar surface area (TPSA) is 53.6 Å². The van der Waals surface area contributed by atoms with Crippen LogP contribution in [0.4, 0.5) is 0 Å². The number of hydrazine groups is 1. The number of carbonyl (C=O) groups is 1. The zero-order valence-electron chi connectivity index (χ0n) is 8.88. The SMILES string of the molecule is CC(C)NCC(=O)NN1CCOCC1. The summed E-state index contributed by atoms with van der Waals surface area (Å²) in [5.74, 6) is 0.0144. The van der Waals surface area contributed by atoms with Gasteiger partial charge < -0.3 is 10.1 Å². The summed E-state index contributed by atoms with van der Waals surface area (Å²) in [7, 11) is 0. The summed E-state index contributed by atoms with van der Waals surface area (Å²) >= 11 is 0. The molecular formula is C9H19N3O2. The number of nitrogens with zero attached hydrogens (tertiary/aromatic N) is 1. The van der Waals surface area contributed by atoms with Crippen LogP contribution in [0.1, 0.15) is 13.8 Å². The minimum Gasteiger partial charge on any atom is -0.379 e. The third-order valence-electron chi connectivity index (χ3n) is 1.96. The molecule has 0 radical (unpaired) electrons. The van der Waals surface area contributed by atoms with Crippen LogP contribution in [0.2, 0.25) is 0 Å². The van der Waals surface area contributed by atoms with Crippen molar-refractivity contribution >= 4 is 5.91 Å². The van der Waals surface area contributed by atoms with Crippen molar-refractivity contribution < 1.29 is 9.53 Å². The van der Waals surface area contributed by atoms with Gasteiger partial charge in [-0.25, -0.2) is 5.01 Å². The van der Waals surface area contributed by atoms with Gasteiger partial charge in [-0.1, -0.05) is 13.8 Å². The Morgan fingerprint density at radius 1 is 1.43 bits per heavy atom. The predicted molar refractivity (Wildman–Crippen MR) is 53.7 cm³/mol. The largest absolute Gasteiger partial charge is 0.379 e. The predicted octanol–water partition coefficient (Wildman–Crippen LogP) is -0.652. The van der Waals surface area contributed by atoms with Gasteiger partial charge in [0.2, 0.25) is 5.91 Å². The average molecular weight is 201 g/mol. The Morgan fingerprint density at radius 3 is 2.64 bits per heavy atom. The summed E-state index contributed by atoms with van der Waals surface area (Å²) in [5, 5.41) is 4.96. The van der Waals surface area contributed by atoms with E-state index < -0.39 is 0 Å². The van der Waals surface area contributed by atoms with Crippen LogP contribution in [0.3, 0.4) is 0 Å². The van der Waals surface area contributed by atoms with Crippen molar-refractivity contribution in [3.63, 3.8) is 0 Å². The minimum absolute atomic E-state index is 0.0144. The Hall–Kier alpha value is -0.650. The van der Waals surface area contributed by atoms with Gasteiger partial charge in [0.05, 0.1) is 19.8 Å². The van der Waals surface area contributed by atoms with Crippen molar-refractivity contribution in [3.05, 3.63) is 0 Å². The molecule has 0 bridgehead atoms. The average Bonchev–Trinajstić information content (AvgIpc) is 2.16. The Kier molecular flexibility index (Phi) is 4.86. The minimum atomic E-state index is 0.0144. The molecule has 0 aromatic rings. The summed E-state index contributed by atoms with van der Waals surface area (Å²) in [6.07, 6.45) is 0. The second-order valence-corrected chi connectivity index (χ2v) is 3.67. The third kappa shape index (κ3) is 4.55. The summed E-state index contributed by atoms with van der Waals surface area (Å²) in [4.78, 5) is 11.4. The van der Waals surface area contributed by atoms with E-state index in [1.54, 1.807) is 0 Å². The molecule has 0 spiro atoms. The van der Waals surface area contributed by atoms with Crippen molar-refractivity contribution in [2.45, 2.75) is 19.9 Å². The summed E-state index contributed by atoms with van der Waals surface area (Å²) in [6, 6.07) is 0.338. The summed E-state index contributed by atoms with van der Waals surface area (Å²) in [5.41, 5.74) is 2.83. The molecule has 82 valence electrons. The third-order valence-corrected chi connectivity index (χ3v) is 1.96. The fourth-order valence-corrected chi connectivity index (χ4v) is 1.19. The molecule has 2 N–H and O–H groups in total. The zero-order valence-corrected chi connectivity index (χ0v) is 8.88. The van der Waals surface area contributed by atoms with Crippen molar-refractivity contribution in [1.82, 2.24) is 15.8 Å². The summed E-state index contributed by atoms with van der Waals surface area (Å²) in [6.45, 7) is 7.33. The molecule has 14 heavy (non-hydrogen) atoms. The van der Waals surface area contributed by atoms with Gasteiger partial charge in [-0.2, -0.15) is 0 Å². The lowest BCUT2D eigenvalue weighted by atomic mass is 10.4. The molecule has 5 heteroatoms. The molecule has 1 aliphatic rings. The number of ether oxygens (including phenoxy) is 1. The molecule has 0 atom stereocenters. The lowest BCUT2D eigenvalue weighted by molar-refractivity contribution is -0.127. The molecule has 1 rings (SSSR count). The van der Waals surface area contributed by atoms with Gasteiger partial charge in [0.25, 0.3) is 0 Å². The van der Waals surface area contributed by atoms with E-state index in [2.05, 4.69) is 10.7 Å². The first kappa shape index (κ1) is 11.4. The van der Waals surface area contributed by atoms with E-state index in [9.17, 15) is 4.79 Å². The maximum Gasteiger partial charge on any atom is 0.248 e. The lowest BCUT2D eigenvalue weighted by Crippen LogP contribution is -2.51. The van der Waals surface area contributed by atoms with Gasteiger partial charge in [-0.05, 0) is 0 Å². The molecule has 0 aliphatic carbocycles. The first-order chi connectivity index (χ1) is 6.68. The fraction of sp³-hybridized carbons (Fsp3) is 0.889. The molecule has 0 saturated carbocycles. The second-order valence-electron chi connectivity index (χ2n) is 3.67. The Bertz CT molecular complexity index is 179. The maximum absolute atomic E-state index is 11.4. The van der Waals surface area contributed by atoms with Crippen LogP contribution in [-0.2, 0) is 9.53 Å².